The fourth-order valence-electron chi connectivity index (χ4n) is 5.18. The van der Waals surface area contributed by atoms with Crippen molar-refractivity contribution in [3.63, 3.8) is 0 Å². The maximum Gasteiger partial charge on any atom is 0.162 e. The normalized spacial score (nSPS) is 29.0. The molecule has 3 rings (SSSR count). The first-order chi connectivity index (χ1) is 12.1. The molecule has 150 valence electrons. The van der Waals surface area contributed by atoms with Crippen LogP contribution in [0.15, 0.2) is 24.8 Å². The van der Waals surface area contributed by atoms with Crippen LogP contribution in [0.2, 0.25) is 0 Å². The summed E-state index contributed by atoms with van der Waals surface area (Å²) in [6.45, 7) is 5.46. The molecule has 0 N–H and O–H groups in total. The molecule has 0 saturated heterocycles. The molecule has 2 heteroatoms. The van der Waals surface area contributed by atoms with Crippen molar-refractivity contribution in [3.8, 4) is 0 Å². The number of hydrogen-bond donors (Lipinski definition) is 0. The van der Waals surface area contributed by atoms with Crippen LogP contribution in [0.5, 0.6) is 0 Å². The van der Waals surface area contributed by atoms with Crippen LogP contribution in [0.1, 0.15) is 91.5 Å². The van der Waals surface area contributed by atoms with Gasteiger partial charge in [0.2, 0.25) is 0 Å². The molecule has 0 heterocycles. The Bertz CT molecular complexity index is 587. The zero-order valence-corrected chi connectivity index (χ0v) is 15.6. The molecular formula is C24H40F2. The summed E-state index contributed by atoms with van der Waals surface area (Å²) in [7, 11) is 0. The first-order valence-corrected chi connectivity index (χ1v) is 10.2. The summed E-state index contributed by atoms with van der Waals surface area (Å²) in [5, 5.41) is 0. The molecule has 2 aliphatic rings. The van der Waals surface area contributed by atoms with Gasteiger partial charge >= 0.3 is 0 Å². The van der Waals surface area contributed by atoms with E-state index in [-0.39, 0.29) is 16.2 Å². The maximum atomic E-state index is 14.3. The fraction of sp³-hybridized carbons (Fsp3) is 0.667. The molecule has 2 fully saturated rings. The van der Waals surface area contributed by atoms with Crippen molar-refractivity contribution in [2.24, 2.45) is 17.8 Å². The minimum absolute atomic E-state index is 0. The van der Waals surface area contributed by atoms with Crippen LogP contribution in [-0.2, 0) is 0 Å². The number of benzene rings is 1. The first kappa shape index (κ1) is 21.1. The Morgan fingerprint density at radius 1 is 0.962 bits per heavy atom. The molecule has 1 aromatic carbocycles. The lowest BCUT2D eigenvalue weighted by Crippen LogP contribution is -2.25. The second-order valence-electron chi connectivity index (χ2n) is 8.36. The van der Waals surface area contributed by atoms with Crippen molar-refractivity contribution in [1.29, 1.82) is 0 Å². The van der Waals surface area contributed by atoms with E-state index in [1.54, 1.807) is 13.0 Å². The summed E-state index contributed by atoms with van der Waals surface area (Å²) in [6, 6.07) is 3.54. The molecule has 0 atom stereocenters. The zero-order valence-electron chi connectivity index (χ0n) is 15.6. The predicted molar refractivity (Wildman–Crippen MR) is 112 cm³/mol. The molecule has 26 heavy (non-hydrogen) atoms. The number of aryl methyl sites for hydroxylation is 1. The standard InChI is InChI=1S/C23H32F2.CH4.2H2/c1-3-4-5-17-7-9-18(10-8-17)19-11-13-20(14-12-19)21-15-6-16(2)22(24)23(21)25;;;/h3,6,15,17-20H,1,4-5,7-14H2,2H3;1H4;2*1H. The Morgan fingerprint density at radius 2 is 1.54 bits per heavy atom. The fourth-order valence-corrected chi connectivity index (χ4v) is 5.18. The van der Waals surface area contributed by atoms with Crippen molar-refractivity contribution in [3.05, 3.63) is 47.5 Å². The van der Waals surface area contributed by atoms with E-state index in [1.165, 1.54) is 44.9 Å². The van der Waals surface area contributed by atoms with Gasteiger partial charge in [-0.2, -0.15) is 0 Å². The van der Waals surface area contributed by atoms with Crippen LogP contribution >= 0.6 is 0 Å². The average Bonchev–Trinajstić information content (AvgIpc) is 2.65. The third kappa shape index (κ3) is 4.75. The highest BCUT2D eigenvalue weighted by Crippen LogP contribution is 2.45. The SMILES string of the molecule is C.C=CCCC1CCC(C2CCC(c3ccc(C)c(F)c3F)CC2)CC1.[HH].[HH]. The van der Waals surface area contributed by atoms with Gasteiger partial charge in [0, 0.05) is 2.85 Å². The van der Waals surface area contributed by atoms with Crippen molar-refractivity contribution in [1.82, 2.24) is 0 Å². The lowest BCUT2D eigenvalue weighted by atomic mass is 9.68. The first-order valence-electron chi connectivity index (χ1n) is 10.2. The van der Waals surface area contributed by atoms with Gasteiger partial charge in [-0.05, 0) is 93.1 Å². The molecular weight excluding hydrogens is 326 g/mol. The highest BCUT2D eigenvalue weighted by Gasteiger charge is 2.32. The smallest absolute Gasteiger partial charge is 0.162 e. The van der Waals surface area contributed by atoms with Crippen molar-refractivity contribution >= 4 is 0 Å². The Labute approximate surface area is 162 Å². The zero-order chi connectivity index (χ0) is 17.8. The molecule has 1 aromatic rings. The van der Waals surface area contributed by atoms with E-state index in [0.29, 0.717) is 11.1 Å². The van der Waals surface area contributed by atoms with Crippen LogP contribution < -0.4 is 0 Å². The molecule has 0 amide bonds. The van der Waals surface area contributed by atoms with Crippen LogP contribution in [0.25, 0.3) is 0 Å². The molecule has 0 radical (unpaired) electrons. The van der Waals surface area contributed by atoms with Crippen LogP contribution in [-0.4, -0.2) is 0 Å². The number of hydrogen-bond acceptors (Lipinski definition) is 0. The minimum atomic E-state index is -0.655. The van der Waals surface area contributed by atoms with E-state index in [4.69, 9.17) is 0 Å². The number of rotatable bonds is 5. The molecule has 2 aliphatic carbocycles. The van der Waals surface area contributed by atoms with Gasteiger partial charge in [0.25, 0.3) is 0 Å². The highest BCUT2D eigenvalue weighted by atomic mass is 19.2. The molecule has 0 aliphatic heterocycles. The van der Waals surface area contributed by atoms with Gasteiger partial charge in [-0.25, -0.2) is 8.78 Å². The topological polar surface area (TPSA) is 0 Å². The predicted octanol–water partition coefficient (Wildman–Crippen LogP) is 8.45. The highest BCUT2D eigenvalue weighted by molar-refractivity contribution is 5.28. The number of allylic oxidation sites excluding steroid dienone is 1. The molecule has 0 unspecified atom stereocenters. The lowest BCUT2D eigenvalue weighted by Gasteiger charge is -2.38. The molecule has 0 aromatic heterocycles. The van der Waals surface area contributed by atoms with E-state index in [1.807, 2.05) is 12.1 Å². The molecule has 0 spiro atoms. The quantitative estimate of drug-likeness (QED) is 0.458. The summed E-state index contributed by atoms with van der Waals surface area (Å²) >= 11 is 0. The second-order valence-corrected chi connectivity index (χ2v) is 8.36. The minimum Gasteiger partial charge on any atom is -0.203 e. The van der Waals surface area contributed by atoms with Gasteiger partial charge in [0.15, 0.2) is 11.6 Å². The van der Waals surface area contributed by atoms with Crippen molar-refractivity contribution < 1.29 is 11.6 Å². The van der Waals surface area contributed by atoms with E-state index in [0.717, 1.165) is 37.0 Å². The Morgan fingerprint density at radius 3 is 2.12 bits per heavy atom. The van der Waals surface area contributed by atoms with Gasteiger partial charge in [0.05, 0.1) is 0 Å². The average molecular weight is 367 g/mol. The largest absolute Gasteiger partial charge is 0.203 e. The third-order valence-corrected chi connectivity index (χ3v) is 6.85. The maximum absolute atomic E-state index is 14.3. The van der Waals surface area contributed by atoms with E-state index < -0.39 is 11.6 Å². The lowest BCUT2D eigenvalue weighted by molar-refractivity contribution is 0.156. The van der Waals surface area contributed by atoms with E-state index in [9.17, 15) is 8.78 Å². The monoisotopic (exact) mass is 366 g/mol. The summed E-state index contributed by atoms with van der Waals surface area (Å²) in [4.78, 5) is 0. The summed E-state index contributed by atoms with van der Waals surface area (Å²) in [6.07, 6.45) is 14.4. The molecule has 0 bridgehead atoms. The third-order valence-electron chi connectivity index (χ3n) is 6.85. The number of halogens is 2. The Balaban J connectivity index is 0.00000243. The van der Waals surface area contributed by atoms with E-state index in [2.05, 4.69) is 6.58 Å². The molecule has 2 saturated carbocycles. The van der Waals surface area contributed by atoms with Crippen LogP contribution in [0, 0.1) is 36.3 Å². The van der Waals surface area contributed by atoms with Crippen molar-refractivity contribution in [2.45, 2.75) is 84.5 Å². The Kier molecular flexibility index (Phi) is 7.85. The van der Waals surface area contributed by atoms with E-state index >= 15 is 0 Å². The Hall–Kier alpha value is -1.18. The van der Waals surface area contributed by atoms with Gasteiger partial charge in [-0.15, -0.1) is 6.58 Å². The van der Waals surface area contributed by atoms with Crippen molar-refractivity contribution in [2.75, 3.05) is 0 Å². The van der Waals surface area contributed by atoms with Gasteiger partial charge in [-0.3, -0.25) is 0 Å². The van der Waals surface area contributed by atoms with Crippen LogP contribution in [0.3, 0.4) is 0 Å². The second kappa shape index (κ2) is 9.67. The summed E-state index contributed by atoms with van der Waals surface area (Å²) in [5.41, 5.74) is 1.01. The molecule has 0 nitrogen and oxygen atoms in total. The summed E-state index contributed by atoms with van der Waals surface area (Å²) < 4.78 is 28.1. The van der Waals surface area contributed by atoms with Gasteiger partial charge in [0.1, 0.15) is 0 Å². The van der Waals surface area contributed by atoms with Gasteiger partial charge in [-0.1, -0.05) is 38.5 Å². The van der Waals surface area contributed by atoms with Crippen LogP contribution in [0.4, 0.5) is 8.78 Å². The van der Waals surface area contributed by atoms with Gasteiger partial charge < -0.3 is 0 Å². The summed E-state index contributed by atoms with van der Waals surface area (Å²) in [5.74, 6) is 1.50.